The molecule has 8 heteroatoms. The highest BCUT2D eigenvalue weighted by Gasteiger charge is 2.15. The van der Waals surface area contributed by atoms with E-state index in [1.807, 2.05) is 0 Å². The molecule has 0 fully saturated rings. The summed E-state index contributed by atoms with van der Waals surface area (Å²) in [5.74, 6) is 0.111. The second-order valence-corrected chi connectivity index (χ2v) is 6.02. The SMILES string of the molecule is Nc1cc(F)cc(S(=O)(=O)NCCCc2ncc[nH]2)c1. The van der Waals surface area contributed by atoms with Crippen LogP contribution in [-0.2, 0) is 16.4 Å². The van der Waals surface area contributed by atoms with Crippen LogP contribution in [-0.4, -0.2) is 24.9 Å². The fourth-order valence-electron chi connectivity index (χ4n) is 1.72. The van der Waals surface area contributed by atoms with Gasteiger partial charge >= 0.3 is 0 Å². The number of aromatic nitrogens is 2. The van der Waals surface area contributed by atoms with Crippen LogP contribution in [0.4, 0.5) is 10.1 Å². The van der Waals surface area contributed by atoms with Gasteiger partial charge in [-0.05, 0) is 24.6 Å². The first-order valence-corrected chi connectivity index (χ1v) is 7.50. The molecule has 108 valence electrons. The molecule has 0 unspecified atom stereocenters. The van der Waals surface area contributed by atoms with Crippen LogP contribution in [0.1, 0.15) is 12.2 Å². The number of halogens is 1. The van der Waals surface area contributed by atoms with E-state index in [9.17, 15) is 12.8 Å². The van der Waals surface area contributed by atoms with Gasteiger partial charge in [-0.15, -0.1) is 0 Å². The summed E-state index contributed by atoms with van der Waals surface area (Å²) in [7, 11) is -3.75. The molecule has 0 saturated heterocycles. The lowest BCUT2D eigenvalue weighted by molar-refractivity contribution is 0.575. The standard InChI is InChI=1S/C12H15FN4O2S/c13-9-6-10(14)8-11(7-9)20(18,19)17-3-1-2-12-15-4-5-16-12/h4-8,17H,1-3,14H2,(H,15,16). The molecule has 20 heavy (non-hydrogen) atoms. The zero-order chi connectivity index (χ0) is 14.6. The van der Waals surface area contributed by atoms with Gasteiger partial charge in [-0.25, -0.2) is 22.5 Å². The Balaban J connectivity index is 1.93. The number of hydrogen-bond donors (Lipinski definition) is 3. The van der Waals surface area contributed by atoms with E-state index in [-0.39, 0.29) is 17.1 Å². The van der Waals surface area contributed by atoms with Gasteiger partial charge in [0.15, 0.2) is 0 Å². The average Bonchev–Trinajstić information content (AvgIpc) is 2.86. The van der Waals surface area contributed by atoms with Crippen LogP contribution in [0, 0.1) is 5.82 Å². The molecule has 0 radical (unpaired) electrons. The summed E-state index contributed by atoms with van der Waals surface area (Å²) in [4.78, 5) is 6.79. The maximum atomic E-state index is 13.1. The molecule has 2 aromatic rings. The topological polar surface area (TPSA) is 101 Å². The number of nitrogens with one attached hydrogen (secondary N) is 2. The summed E-state index contributed by atoms with van der Waals surface area (Å²) in [6.07, 6.45) is 4.54. The highest BCUT2D eigenvalue weighted by atomic mass is 32.2. The zero-order valence-electron chi connectivity index (χ0n) is 10.6. The Labute approximate surface area is 116 Å². The minimum Gasteiger partial charge on any atom is -0.399 e. The number of nitrogens with zero attached hydrogens (tertiary/aromatic N) is 1. The first-order chi connectivity index (χ1) is 9.47. The number of anilines is 1. The zero-order valence-corrected chi connectivity index (χ0v) is 11.5. The number of benzene rings is 1. The van der Waals surface area contributed by atoms with Gasteiger partial charge in [-0.1, -0.05) is 0 Å². The van der Waals surface area contributed by atoms with E-state index in [4.69, 9.17) is 5.73 Å². The molecule has 2 rings (SSSR count). The van der Waals surface area contributed by atoms with E-state index in [0.717, 1.165) is 18.0 Å². The predicted molar refractivity (Wildman–Crippen MR) is 72.9 cm³/mol. The maximum Gasteiger partial charge on any atom is 0.240 e. The molecule has 0 atom stereocenters. The van der Waals surface area contributed by atoms with Crippen molar-refractivity contribution in [2.45, 2.75) is 17.7 Å². The molecule has 0 bridgehead atoms. The number of sulfonamides is 1. The summed E-state index contributed by atoms with van der Waals surface area (Å²) in [5.41, 5.74) is 5.50. The van der Waals surface area contributed by atoms with Crippen LogP contribution in [0.5, 0.6) is 0 Å². The summed E-state index contributed by atoms with van der Waals surface area (Å²) < 4.78 is 39.4. The third-order valence-electron chi connectivity index (χ3n) is 2.64. The van der Waals surface area contributed by atoms with E-state index < -0.39 is 15.8 Å². The Morgan fingerprint density at radius 3 is 2.80 bits per heavy atom. The highest BCUT2D eigenvalue weighted by molar-refractivity contribution is 7.89. The van der Waals surface area contributed by atoms with Gasteiger partial charge in [-0.3, -0.25) is 0 Å². The Hall–Kier alpha value is -1.93. The number of imidazole rings is 1. The van der Waals surface area contributed by atoms with Crippen molar-refractivity contribution in [2.75, 3.05) is 12.3 Å². The lowest BCUT2D eigenvalue weighted by atomic mass is 10.3. The Morgan fingerprint density at radius 1 is 1.35 bits per heavy atom. The van der Waals surface area contributed by atoms with Gasteiger partial charge in [0.25, 0.3) is 0 Å². The van der Waals surface area contributed by atoms with Gasteiger partial charge in [0.05, 0.1) is 4.90 Å². The van der Waals surface area contributed by atoms with Crippen molar-refractivity contribution < 1.29 is 12.8 Å². The molecule has 0 saturated carbocycles. The second-order valence-electron chi connectivity index (χ2n) is 4.26. The number of H-pyrrole nitrogens is 1. The average molecular weight is 298 g/mol. The molecule has 0 amide bonds. The molecule has 0 aliphatic carbocycles. The summed E-state index contributed by atoms with van der Waals surface area (Å²) in [6, 6.07) is 3.22. The van der Waals surface area contributed by atoms with Crippen LogP contribution in [0.15, 0.2) is 35.5 Å². The summed E-state index contributed by atoms with van der Waals surface area (Å²) in [6.45, 7) is 0.236. The summed E-state index contributed by atoms with van der Waals surface area (Å²) >= 11 is 0. The molecule has 6 nitrogen and oxygen atoms in total. The molecule has 4 N–H and O–H groups in total. The first kappa shape index (κ1) is 14.5. The van der Waals surface area contributed by atoms with Gasteiger partial charge in [0.1, 0.15) is 11.6 Å². The highest BCUT2D eigenvalue weighted by Crippen LogP contribution is 2.15. The van der Waals surface area contributed by atoms with Gasteiger partial charge in [-0.2, -0.15) is 0 Å². The summed E-state index contributed by atoms with van der Waals surface area (Å²) in [5, 5.41) is 0. The predicted octanol–water partition coefficient (Wildman–Crippen LogP) is 1.04. The van der Waals surface area contributed by atoms with Crippen molar-refractivity contribution >= 4 is 15.7 Å². The smallest absolute Gasteiger partial charge is 0.240 e. The van der Waals surface area contributed by atoms with Crippen LogP contribution >= 0.6 is 0 Å². The van der Waals surface area contributed by atoms with Crippen LogP contribution in [0.25, 0.3) is 0 Å². The van der Waals surface area contributed by atoms with Gasteiger partial charge < -0.3 is 10.7 Å². The van der Waals surface area contributed by atoms with Gasteiger partial charge in [0.2, 0.25) is 10.0 Å². The lowest BCUT2D eigenvalue weighted by Crippen LogP contribution is -2.25. The number of rotatable bonds is 6. The Bertz CT molecular complexity index is 651. The molecular formula is C12H15FN4O2S. The number of aryl methyl sites for hydroxylation is 1. The normalized spacial score (nSPS) is 11.7. The fourth-order valence-corrected chi connectivity index (χ4v) is 2.86. The Morgan fingerprint density at radius 2 is 2.15 bits per heavy atom. The van der Waals surface area contributed by atoms with Crippen LogP contribution in [0.3, 0.4) is 0 Å². The fraction of sp³-hybridized carbons (Fsp3) is 0.250. The van der Waals surface area contributed by atoms with E-state index in [1.165, 1.54) is 6.07 Å². The number of aromatic amines is 1. The number of nitrogen functional groups attached to an aromatic ring is 1. The second kappa shape index (κ2) is 6.02. The van der Waals surface area contributed by atoms with E-state index in [0.29, 0.717) is 12.8 Å². The minimum atomic E-state index is -3.75. The van der Waals surface area contributed by atoms with E-state index in [2.05, 4.69) is 14.7 Å². The minimum absolute atomic E-state index is 0.0703. The monoisotopic (exact) mass is 298 g/mol. The first-order valence-electron chi connectivity index (χ1n) is 6.01. The van der Waals surface area contributed by atoms with E-state index in [1.54, 1.807) is 12.4 Å². The molecule has 1 aromatic heterocycles. The molecule has 1 heterocycles. The quantitative estimate of drug-likeness (QED) is 0.548. The lowest BCUT2D eigenvalue weighted by Gasteiger charge is -2.07. The number of nitrogens with two attached hydrogens (primary N) is 1. The number of hydrogen-bond acceptors (Lipinski definition) is 4. The molecule has 1 aromatic carbocycles. The van der Waals surface area contributed by atoms with E-state index >= 15 is 0 Å². The van der Waals surface area contributed by atoms with Crippen molar-refractivity contribution in [1.29, 1.82) is 0 Å². The largest absolute Gasteiger partial charge is 0.399 e. The van der Waals surface area contributed by atoms with Crippen LogP contribution < -0.4 is 10.5 Å². The molecular weight excluding hydrogens is 283 g/mol. The van der Waals surface area contributed by atoms with Crippen molar-refractivity contribution in [2.24, 2.45) is 0 Å². The van der Waals surface area contributed by atoms with Crippen molar-refractivity contribution in [3.8, 4) is 0 Å². The van der Waals surface area contributed by atoms with Crippen molar-refractivity contribution in [3.05, 3.63) is 42.2 Å². The molecule has 0 aliphatic rings. The van der Waals surface area contributed by atoms with Crippen molar-refractivity contribution in [1.82, 2.24) is 14.7 Å². The van der Waals surface area contributed by atoms with Gasteiger partial charge in [0, 0.05) is 31.0 Å². The molecule has 0 aliphatic heterocycles. The van der Waals surface area contributed by atoms with Crippen molar-refractivity contribution in [3.63, 3.8) is 0 Å². The Kier molecular flexibility index (Phi) is 4.35. The maximum absolute atomic E-state index is 13.1. The van der Waals surface area contributed by atoms with Crippen LogP contribution in [0.2, 0.25) is 0 Å². The third-order valence-corrected chi connectivity index (χ3v) is 4.08. The molecule has 0 spiro atoms. The third kappa shape index (κ3) is 3.78.